The molecule has 8 nitrogen and oxygen atoms in total. The van der Waals surface area contributed by atoms with Gasteiger partial charge in [-0.25, -0.2) is 9.37 Å². The minimum Gasteiger partial charge on any atom is -0.456 e. The molecule has 2 amide bonds. The summed E-state index contributed by atoms with van der Waals surface area (Å²) in [5, 5.41) is 7.85. The van der Waals surface area contributed by atoms with E-state index in [9.17, 15) is 14.0 Å². The molecule has 1 aliphatic rings. The number of hydrogen-bond acceptors (Lipinski definition) is 5. The third-order valence-electron chi connectivity index (χ3n) is 6.15. The Morgan fingerprint density at radius 3 is 2.41 bits per heavy atom. The Kier molecular flexibility index (Phi) is 5.04. The number of aromatic nitrogens is 3. The first-order valence-corrected chi connectivity index (χ1v) is 10.8. The van der Waals surface area contributed by atoms with Crippen LogP contribution in [0.5, 0.6) is 11.5 Å². The maximum absolute atomic E-state index is 13.6. The van der Waals surface area contributed by atoms with Crippen molar-refractivity contribution >= 4 is 34.2 Å². The number of primary amides is 1. The Balaban J connectivity index is 1.53. The van der Waals surface area contributed by atoms with Gasteiger partial charge >= 0.3 is 0 Å². The molecule has 0 aliphatic heterocycles. The Morgan fingerprint density at radius 2 is 1.76 bits per heavy atom. The van der Waals surface area contributed by atoms with E-state index in [0.717, 1.165) is 16.6 Å². The summed E-state index contributed by atoms with van der Waals surface area (Å²) in [4.78, 5) is 31.2. The van der Waals surface area contributed by atoms with Gasteiger partial charge in [-0.05, 0) is 80.8 Å². The zero-order chi connectivity index (χ0) is 24.0. The first-order valence-electron chi connectivity index (χ1n) is 10.8. The molecule has 0 bridgehead atoms. The van der Waals surface area contributed by atoms with Crippen LogP contribution < -0.4 is 15.4 Å². The van der Waals surface area contributed by atoms with Crippen molar-refractivity contribution in [2.24, 2.45) is 11.1 Å². The topological polar surface area (TPSA) is 114 Å². The van der Waals surface area contributed by atoms with Gasteiger partial charge in [-0.15, -0.1) is 0 Å². The van der Waals surface area contributed by atoms with Crippen LogP contribution in [0.1, 0.15) is 24.1 Å². The van der Waals surface area contributed by atoms with Crippen LogP contribution in [0, 0.1) is 25.1 Å². The fourth-order valence-electron chi connectivity index (χ4n) is 4.03. The van der Waals surface area contributed by atoms with Crippen LogP contribution in [-0.4, -0.2) is 27.0 Å². The molecule has 2 heterocycles. The van der Waals surface area contributed by atoms with E-state index in [1.165, 1.54) is 29.2 Å². The second-order valence-electron chi connectivity index (χ2n) is 8.47. The highest BCUT2D eigenvalue weighted by atomic mass is 19.1. The Hall–Kier alpha value is -4.27. The number of H-pyrrole nitrogens is 1. The van der Waals surface area contributed by atoms with E-state index < -0.39 is 23.0 Å². The van der Waals surface area contributed by atoms with Gasteiger partial charge in [0.15, 0.2) is 5.65 Å². The highest BCUT2D eigenvalue weighted by Crippen LogP contribution is 2.49. The molecule has 172 valence electrons. The monoisotopic (exact) mass is 459 g/mol. The number of carbonyl (C=O) groups is 2. The Labute approximate surface area is 194 Å². The molecule has 0 spiro atoms. The van der Waals surface area contributed by atoms with Crippen molar-refractivity contribution in [3.05, 3.63) is 71.8 Å². The lowest BCUT2D eigenvalue weighted by molar-refractivity contribution is -0.133. The minimum atomic E-state index is -1.24. The highest BCUT2D eigenvalue weighted by Gasteiger charge is 2.57. The standard InChI is InChI=1S/C25H22FN5O3/c1-14-13-18(7-8-19(14)34-20-9-12-28-22-21(20)15(2)29-30-22)31(17-5-3-16(26)4-6-17)24(33)25(10-11-25)23(27)32/h3-9,12-13H,10-11H2,1-2H3,(H2,27,32)(H,28,29,30). The molecule has 1 saturated carbocycles. The molecular weight excluding hydrogens is 437 g/mol. The fourth-order valence-corrected chi connectivity index (χ4v) is 4.03. The molecule has 4 aromatic rings. The minimum absolute atomic E-state index is 0.390. The van der Waals surface area contributed by atoms with Gasteiger partial charge in [0.05, 0.1) is 5.39 Å². The zero-order valence-electron chi connectivity index (χ0n) is 18.6. The number of carbonyl (C=O) groups excluding carboxylic acids is 2. The van der Waals surface area contributed by atoms with Crippen molar-refractivity contribution in [1.29, 1.82) is 0 Å². The smallest absolute Gasteiger partial charge is 0.247 e. The number of anilines is 2. The fraction of sp³-hybridized carbons (Fsp3) is 0.200. The van der Waals surface area contributed by atoms with Crippen molar-refractivity contribution in [1.82, 2.24) is 15.2 Å². The molecular formula is C25H22FN5O3. The number of ether oxygens (including phenoxy) is 1. The Morgan fingerprint density at radius 1 is 1.06 bits per heavy atom. The maximum atomic E-state index is 13.6. The van der Waals surface area contributed by atoms with Crippen molar-refractivity contribution in [3.8, 4) is 11.5 Å². The summed E-state index contributed by atoms with van der Waals surface area (Å²) in [6.07, 6.45) is 2.40. The average Bonchev–Trinajstić information content (AvgIpc) is 3.55. The molecule has 1 fully saturated rings. The molecule has 34 heavy (non-hydrogen) atoms. The third-order valence-corrected chi connectivity index (χ3v) is 6.15. The van der Waals surface area contributed by atoms with Crippen LogP contribution in [0.15, 0.2) is 54.7 Å². The van der Waals surface area contributed by atoms with Crippen LogP contribution in [-0.2, 0) is 9.59 Å². The number of nitrogens with two attached hydrogens (primary N) is 1. The predicted octanol–water partition coefficient (Wildman–Crippen LogP) is 4.44. The summed E-state index contributed by atoms with van der Waals surface area (Å²) < 4.78 is 19.7. The van der Waals surface area contributed by atoms with Gasteiger partial charge < -0.3 is 10.5 Å². The quantitative estimate of drug-likeness (QED) is 0.414. The largest absolute Gasteiger partial charge is 0.456 e. The molecule has 1 aliphatic carbocycles. The van der Waals surface area contributed by atoms with Gasteiger partial charge in [-0.2, -0.15) is 5.10 Å². The molecule has 0 unspecified atom stereocenters. The number of aryl methyl sites for hydroxylation is 2. The van der Waals surface area contributed by atoms with Crippen LogP contribution >= 0.6 is 0 Å². The van der Waals surface area contributed by atoms with E-state index in [-0.39, 0.29) is 0 Å². The van der Waals surface area contributed by atoms with Gasteiger partial charge in [-0.1, -0.05) is 0 Å². The summed E-state index contributed by atoms with van der Waals surface area (Å²) >= 11 is 0. The van der Waals surface area contributed by atoms with Gasteiger partial charge in [-0.3, -0.25) is 19.6 Å². The number of nitrogens with one attached hydrogen (secondary N) is 1. The van der Waals surface area contributed by atoms with Gasteiger partial charge in [0, 0.05) is 23.3 Å². The molecule has 0 atom stereocenters. The van der Waals surface area contributed by atoms with E-state index in [1.807, 2.05) is 13.8 Å². The molecule has 2 aromatic carbocycles. The lowest BCUT2D eigenvalue weighted by Gasteiger charge is -2.27. The molecule has 0 saturated heterocycles. The normalized spacial score (nSPS) is 14.1. The Bertz CT molecular complexity index is 1430. The van der Waals surface area contributed by atoms with E-state index in [2.05, 4.69) is 15.2 Å². The molecule has 2 aromatic heterocycles. The molecule has 3 N–H and O–H groups in total. The molecule has 5 rings (SSSR count). The van der Waals surface area contributed by atoms with E-state index >= 15 is 0 Å². The second-order valence-corrected chi connectivity index (χ2v) is 8.47. The lowest BCUT2D eigenvalue weighted by Crippen LogP contribution is -2.41. The van der Waals surface area contributed by atoms with E-state index in [1.54, 1.807) is 30.5 Å². The number of fused-ring (bicyclic) bond motifs is 1. The molecule has 9 heteroatoms. The second kappa shape index (κ2) is 7.95. The maximum Gasteiger partial charge on any atom is 0.247 e. The first-order chi connectivity index (χ1) is 16.3. The summed E-state index contributed by atoms with van der Waals surface area (Å²) in [5.74, 6) is -0.322. The number of halogens is 1. The zero-order valence-corrected chi connectivity index (χ0v) is 18.6. The van der Waals surface area contributed by atoms with Crippen molar-refractivity contribution in [3.63, 3.8) is 0 Å². The third kappa shape index (κ3) is 3.55. The van der Waals surface area contributed by atoms with Crippen LogP contribution in [0.25, 0.3) is 11.0 Å². The predicted molar refractivity (Wildman–Crippen MR) is 124 cm³/mol. The summed E-state index contributed by atoms with van der Waals surface area (Å²) in [7, 11) is 0. The van der Waals surface area contributed by atoms with Crippen LogP contribution in [0.4, 0.5) is 15.8 Å². The number of hydrogen-bond donors (Lipinski definition) is 2. The van der Waals surface area contributed by atoms with E-state index in [4.69, 9.17) is 10.5 Å². The van der Waals surface area contributed by atoms with Gasteiger partial charge in [0.1, 0.15) is 22.7 Å². The number of rotatable bonds is 6. The van der Waals surface area contributed by atoms with E-state index in [0.29, 0.717) is 41.4 Å². The number of benzene rings is 2. The number of pyridine rings is 1. The number of aromatic amines is 1. The lowest BCUT2D eigenvalue weighted by atomic mass is 10.0. The average molecular weight is 459 g/mol. The molecule has 0 radical (unpaired) electrons. The summed E-state index contributed by atoms with van der Waals surface area (Å²) in [6, 6.07) is 12.6. The van der Waals surface area contributed by atoms with Gasteiger partial charge in [0.25, 0.3) is 0 Å². The van der Waals surface area contributed by atoms with Crippen LogP contribution in [0.3, 0.4) is 0 Å². The number of amides is 2. The van der Waals surface area contributed by atoms with Gasteiger partial charge in [0.2, 0.25) is 11.8 Å². The highest BCUT2D eigenvalue weighted by molar-refractivity contribution is 6.16. The number of nitrogens with zero attached hydrogens (tertiary/aromatic N) is 3. The van der Waals surface area contributed by atoms with Crippen molar-refractivity contribution < 1.29 is 18.7 Å². The first kappa shape index (κ1) is 21.6. The SMILES string of the molecule is Cc1cc(N(C(=O)C2(C(N)=O)CC2)c2ccc(F)cc2)ccc1Oc1ccnc2n[nH]c(C)c12. The summed E-state index contributed by atoms with van der Waals surface area (Å²) in [6.45, 7) is 3.74. The van der Waals surface area contributed by atoms with Crippen LogP contribution in [0.2, 0.25) is 0 Å². The van der Waals surface area contributed by atoms with Crippen molar-refractivity contribution in [2.45, 2.75) is 26.7 Å². The summed E-state index contributed by atoms with van der Waals surface area (Å²) in [5.41, 5.74) is 7.43. The van der Waals surface area contributed by atoms with Crippen molar-refractivity contribution in [2.75, 3.05) is 4.90 Å².